The minimum atomic E-state index is -0.0579. The van der Waals surface area contributed by atoms with Crippen LogP contribution in [0.1, 0.15) is 32.6 Å². The summed E-state index contributed by atoms with van der Waals surface area (Å²) in [6.07, 6.45) is 4.78. The van der Waals surface area contributed by atoms with E-state index in [0.717, 1.165) is 12.8 Å². The zero-order valence-electron chi connectivity index (χ0n) is 6.68. The molecule has 64 valence electrons. The van der Waals surface area contributed by atoms with E-state index in [9.17, 15) is 4.79 Å². The molecule has 0 aliphatic heterocycles. The summed E-state index contributed by atoms with van der Waals surface area (Å²) in [7, 11) is 0. The minimum Gasteiger partial charge on any atom is -0.462 e. The predicted molar refractivity (Wildman–Crippen MR) is 51.8 cm³/mol. The zero-order chi connectivity index (χ0) is 8.27. The van der Waals surface area contributed by atoms with Crippen molar-refractivity contribution < 1.29 is 9.53 Å². The van der Waals surface area contributed by atoms with Crippen LogP contribution < -0.4 is 0 Å². The van der Waals surface area contributed by atoms with Crippen LogP contribution in [0.4, 0.5) is 0 Å². The lowest BCUT2D eigenvalue weighted by molar-refractivity contribution is -0.147. The van der Waals surface area contributed by atoms with Crippen LogP contribution >= 0.6 is 22.6 Å². The van der Waals surface area contributed by atoms with Crippen molar-refractivity contribution in [3.63, 3.8) is 0 Å². The first kappa shape index (κ1) is 9.29. The van der Waals surface area contributed by atoms with E-state index in [1.807, 2.05) is 6.92 Å². The van der Waals surface area contributed by atoms with Crippen LogP contribution in [0.15, 0.2) is 0 Å². The molecule has 1 unspecified atom stereocenters. The number of hydrogen-bond donors (Lipinski definition) is 0. The van der Waals surface area contributed by atoms with Gasteiger partial charge in [0.05, 0.1) is 0 Å². The summed E-state index contributed by atoms with van der Waals surface area (Å²) in [6, 6.07) is 0. The van der Waals surface area contributed by atoms with Gasteiger partial charge < -0.3 is 4.74 Å². The van der Waals surface area contributed by atoms with Crippen molar-refractivity contribution in [1.29, 1.82) is 0 Å². The summed E-state index contributed by atoms with van der Waals surface area (Å²) in [5.74, 6) is -0.0579. The molecule has 1 rings (SSSR count). The smallest absolute Gasteiger partial charge is 0.318 e. The Hall–Kier alpha value is 0.200. The quantitative estimate of drug-likeness (QED) is 0.436. The zero-order valence-corrected chi connectivity index (χ0v) is 8.84. The molecular formula is C8H13IO2. The van der Waals surface area contributed by atoms with Crippen molar-refractivity contribution in [2.24, 2.45) is 0 Å². The van der Waals surface area contributed by atoms with Gasteiger partial charge in [-0.3, -0.25) is 4.79 Å². The van der Waals surface area contributed by atoms with Crippen molar-refractivity contribution >= 4 is 28.6 Å². The lowest BCUT2D eigenvalue weighted by atomic mass is 10.3. The molecule has 0 bridgehead atoms. The summed E-state index contributed by atoms with van der Waals surface area (Å²) < 4.78 is 5.22. The highest BCUT2D eigenvalue weighted by Crippen LogP contribution is 2.21. The maximum absolute atomic E-state index is 11.1. The Morgan fingerprint density at radius 2 is 2.09 bits per heavy atom. The van der Waals surface area contributed by atoms with Gasteiger partial charge in [0.1, 0.15) is 10.0 Å². The fraction of sp³-hybridized carbons (Fsp3) is 0.875. The molecule has 1 aliphatic rings. The van der Waals surface area contributed by atoms with E-state index in [2.05, 4.69) is 22.6 Å². The highest BCUT2D eigenvalue weighted by molar-refractivity contribution is 14.1. The van der Waals surface area contributed by atoms with Gasteiger partial charge in [-0.05, 0) is 32.6 Å². The van der Waals surface area contributed by atoms with Gasteiger partial charge in [0.15, 0.2) is 0 Å². The molecule has 0 spiro atoms. The second kappa shape index (κ2) is 4.28. The SMILES string of the molecule is CC(I)C(=O)OC1CCCC1. The van der Waals surface area contributed by atoms with E-state index in [-0.39, 0.29) is 16.0 Å². The molecule has 0 N–H and O–H groups in total. The second-order valence-electron chi connectivity index (χ2n) is 2.96. The molecule has 0 aromatic carbocycles. The van der Waals surface area contributed by atoms with Crippen molar-refractivity contribution in [3.8, 4) is 0 Å². The number of halogens is 1. The van der Waals surface area contributed by atoms with Gasteiger partial charge in [0.2, 0.25) is 0 Å². The molecule has 0 radical (unpaired) electrons. The van der Waals surface area contributed by atoms with E-state index in [1.54, 1.807) is 0 Å². The Morgan fingerprint density at radius 3 is 2.55 bits per heavy atom. The average Bonchev–Trinajstić information content (AvgIpc) is 2.39. The molecule has 1 aliphatic carbocycles. The number of rotatable bonds is 2. The van der Waals surface area contributed by atoms with Gasteiger partial charge in [-0.2, -0.15) is 0 Å². The van der Waals surface area contributed by atoms with Gasteiger partial charge >= 0.3 is 5.97 Å². The molecule has 1 atom stereocenters. The summed E-state index contributed by atoms with van der Waals surface area (Å²) >= 11 is 2.08. The van der Waals surface area contributed by atoms with Crippen molar-refractivity contribution in [1.82, 2.24) is 0 Å². The molecule has 3 heteroatoms. The Morgan fingerprint density at radius 1 is 1.55 bits per heavy atom. The van der Waals surface area contributed by atoms with E-state index >= 15 is 0 Å². The van der Waals surface area contributed by atoms with Crippen molar-refractivity contribution in [3.05, 3.63) is 0 Å². The Kier molecular flexibility index (Phi) is 3.62. The van der Waals surface area contributed by atoms with Gasteiger partial charge in [-0.1, -0.05) is 22.6 Å². The Labute approximate surface area is 80.8 Å². The van der Waals surface area contributed by atoms with Crippen LogP contribution in [0.5, 0.6) is 0 Å². The fourth-order valence-corrected chi connectivity index (χ4v) is 1.41. The van der Waals surface area contributed by atoms with E-state index < -0.39 is 0 Å². The number of alkyl halides is 1. The van der Waals surface area contributed by atoms with Crippen LogP contribution in [0.3, 0.4) is 0 Å². The van der Waals surface area contributed by atoms with Gasteiger partial charge in [0, 0.05) is 0 Å². The molecule has 1 saturated carbocycles. The van der Waals surface area contributed by atoms with E-state index in [0.29, 0.717) is 0 Å². The number of carbonyl (C=O) groups is 1. The molecule has 2 nitrogen and oxygen atoms in total. The first-order valence-corrected chi connectivity index (χ1v) is 5.29. The summed E-state index contributed by atoms with van der Waals surface area (Å²) in [5, 5.41) is 0. The molecule has 0 saturated heterocycles. The first-order valence-electron chi connectivity index (χ1n) is 4.04. The molecule has 0 aromatic rings. The molecule has 11 heavy (non-hydrogen) atoms. The number of carbonyl (C=O) groups excluding carboxylic acids is 1. The highest BCUT2D eigenvalue weighted by Gasteiger charge is 2.20. The molecule has 1 fully saturated rings. The third-order valence-corrected chi connectivity index (χ3v) is 2.42. The topological polar surface area (TPSA) is 26.3 Å². The predicted octanol–water partition coefficient (Wildman–Crippen LogP) is 2.30. The summed E-state index contributed by atoms with van der Waals surface area (Å²) in [6.45, 7) is 1.86. The Bertz CT molecular complexity index is 139. The van der Waals surface area contributed by atoms with Gasteiger partial charge in [0.25, 0.3) is 0 Å². The monoisotopic (exact) mass is 268 g/mol. The lowest BCUT2D eigenvalue weighted by Gasteiger charge is -2.11. The molecule has 0 heterocycles. The average molecular weight is 268 g/mol. The van der Waals surface area contributed by atoms with Crippen molar-refractivity contribution in [2.75, 3.05) is 0 Å². The second-order valence-corrected chi connectivity index (χ2v) is 4.83. The van der Waals surface area contributed by atoms with Crippen LogP contribution in [0.25, 0.3) is 0 Å². The highest BCUT2D eigenvalue weighted by atomic mass is 127. The molecular weight excluding hydrogens is 255 g/mol. The lowest BCUT2D eigenvalue weighted by Crippen LogP contribution is -2.20. The fourth-order valence-electron chi connectivity index (χ4n) is 1.26. The maximum Gasteiger partial charge on any atom is 0.318 e. The minimum absolute atomic E-state index is 0.00630. The van der Waals surface area contributed by atoms with Gasteiger partial charge in [-0.25, -0.2) is 0 Å². The van der Waals surface area contributed by atoms with Crippen LogP contribution in [-0.2, 0) is 9.53 Å². The number of ether oxygens (including phenoxy) is 1. The number of hydrogen-bond acceptors (Lipinski definition) is 2. The van der Waals surface area contributed by atoms with Gasteiger partial charge in [-0.15, -0.1) is 0 Å². The van der Waals surface area contributed by atoms with Crippen LogP contribution in [-0.4, -0.2) is 16.0 Å². The van der Waals surface area contributed by atoms with Crippen molar-refractivity contribution in [2.45, 2.75) is 42.6 Å². The van der Waals surface area contributed by atoms with Crippen LogP contribution in [0, 0.1) is 0 Å². The standard InChI is InChI=1S/C8H13IO2/c1-6(9)8(10)11-7-4-2-3-5-7/h6-7H,2-5H2,1H3. The largest absolute Gasteiger partial charge is 0.462 e. The maximum atomic E-state index is 11.1. The Balaban J connectivity index is 2.24. The van der Waals surface area contributed by atoms with E-state index in [1.165, 1.54) is 12.8 Å². The third-order valence-electron chi connectivity index (χ3n) is 1.91. The number of esters is 1. The van der Waals surface area contributed by atoms with Crippen LogP contribution in [0.2, 0.25) is 0 Å². The normalized spacial score (nSPS) is 21.6. The molecule has 0 aromatic heterocycles. The summed E-state index contributed by atoms with van der Waals surface area (Å²) in [5.41, 5.74) is 0. The first-order chi connectivity index (χ1) is 5.20. The molecule has 0 amide bonds. The third kappa shape index (κ3) is 2.97. The summed E-state index contributed by atoms with van der Waals surface area (Å²) in [4.78, 5) is 11.1. The van der Waals surface area contributed by atoms with E-state index in [4.69, 9.17) is 4.74 Å².